The van der Waals surface area contributed by atoms with Gasteiger partial charge in [-0.15, -0.1) is 0 Å². The van der Waals surface area contributed by atoms with Gasteiger partial charge in [0.1, 0.15) is 22.9 Å². The van der Waals surface area contributed by atoms with E-state index in [0.717, 1.165) is 43.6 Å². The first kappa shape index (κ1) is 25.4. The number of aromatic nitrogens is 4. The molecule has 4 aromatic rings. The van der Waals surface area contributed by atoms with E-state index in [1.54, 1.807) is 22.7 Å². The van der Waals surface area contributed by atoms with Gasteiger partial charge in [0, 0.05) is 47.7 Å². The fraction of sp³-hybridized carbons (Fsp3) is 0.321. The maximum absolute atomic E-state index is 15.2. The van der Waals surface area contributed by atoms with Crippen LogP contribution in [0.2, 0.25) is 0 Å². The van der Waals surface area contributed by atoms with Crippen LogP contribution in [0.15, 0.2) is 42.6 Å². The quantitative estimate of drug-likeness (QED) is 0.379. The molecule has 8 nitrogen and oxygen atoms in total. The minimum atomic E-state index is -1.43. The number of pyridine rings is 1. The number of amides is 1. The Morgan fingerprint density at radius 2 is 1.87 bits per heavy atom. The maximum atomic E-state index is 15.2. The van der Waals surface area contributed by atoms with Crippen LogP contribution >= 0.6 is 0 Å². The summed E-state index contributed by atoms with van der Waals surface area (Å²) in [5.74, 6) is -3.10. The van der Waals surface area contributed by atoms with Gasteiger partial charge in [-0.1, -0.05) is 25.8 Å². The van der Waals surface area contributed by atoms with Gasteiger partial charge in [0.25, 0.3) is 5.91 Å². The van der Waals surface area contributed by atoms with Crippen molar-refractivity contribution < 1.29 is 23.5 Å². The number of carboxylic acid groups (broad SMARTS) is 1. The molecule has 10 heteroatoms. The van der Waals surface area contributed by atoms with Crippen molar-refractivity contribution in [1.82, 2.24) is 24.5 Å². The molecule has 3 aromatic heterocycles. The number of carbonyl (C=O) groups excluding carboxylic acids is 1. The lowest BCUT2D eigenvalue weighted by atomic mass is 10.1. The predicted molar refractivity (Wildman–Crippen MR) is 137 cm³/mol. The molecule has 0 radical (unpaired) electrons. The van der Waals surface area contributed by atoms with E-state index in [9.17, 15) is 14.0 Å². The first-order valence-corrected chi connectivity index (χ1v) is 12.7. The van der Waals surface area contributed by atoms with Gasteiger partial charge in [0.05, 0.1) is 11.4 Å². The predicted octanol–water partition coefficient (Wildman–Crippen LogP) is 5.40. The molecule has 38 heavy (non-hydrogen) atoms. The zero-order valence-electron chi connectivity index (χ0n) is 21.1. The molecule has 0 unspecified atom stereocenters. The van der Waals surface area contributed by atoms with Gasteiger partial charge in [-0.25, -0.2) is 23.1 Å². The van der Waals surface area contributed by atoms with E-state index >= 15 is 4.39 Å². The van der Waals surface area contributed by atoms with Gasteiger partial charge in [-0.05, 0) is 44.4 Å². The van der Waals surface area contributed by atoms with Crippen molar-refractivity contribution in [2.45, 2.75) is 52.0 Å². The van der Waals surface area contributed by atoms with Crippen molar-refractivity contribution in [2.24, 2.45) is 0 Å². The lowest BCUT2D eigenvalue weighted by Crippen LogP contribution is -2.38. The second-order valence-corrected chi connectivity index (χ2v) is 9.53. The van der Waals surface area contributed by atoms with Crippen LogP contribution in [0.5, 0.6) is 0 Å². The van der Waals surface area contributed by atoms with Gasteiger partial charge < -0.3 is 10.0 Å². The second kappa shape index (κ2) is 10.3. The molecule has 4 heterocycles. The number of benzene rings is 1. The standard InChI is InChI=1S/C28H27F2N5O3/c1-3-18-12-25(27(36)34-10-6-4-5-7-16(34)2)32-26-14-24(33-35(18)26)19-9-8-17(11-21(19)29)23-13-22(30)20(15-31-23)28(37)38/h8-9,11-16H,3-7,10H2,1-2H3,(H,37,38)/t16-/m1/s1. The largest absolute Gasteiger partial charge is 0.478 e. The highest BCUT2D eigenvalue weighted by Crippen LogP contribution is 2.29. The molecule has 0 bridgehead atoms. The summed E-state index contributed by atoms with van der Waals surface area (Å²) in [6.07, 6.45) is 5.65. The number of carboxylic acids is 1. The molecule has 0 saturated carbocycles. The van der Waals surface area contributed by atoms with Crippen molar-refractivity contribution in [3.8, 4) is 22.5 Å². The van der Waals surface area contributed by atoms with Crippen LogP contribution in [-0.2, 0) is 6.42 Å². The topological polar surface area (TPSA) is 101 Å². The molecule has 196 valence electrons. The molecule has 0 spiro atoms. The number of nitrogens with zero attached hydrogens (tertiary/aromatic N) is 5. The Morgan fingerprint density at radius 3 is 2.58 bits per heavy atom. The van der Waals surface area contributed by atoms with E-state index in [-0.39, 0.29) is 28.8 Å². The fourth-order valence-electron chi connectivity index (χ4n) is 4.88. The van der Waals surface area contributed by atoms with Crippen molar-refractivity contribution >= 4 is 17.5 Å². The van der Waals surface area contributed by atoms with Gasteiger partial charge in [-0.2, -0.15) is 5.10 Å². The number of halogens is 2. The van der Waals surface area contributed by atoms with Crippen LogP contribution in [0.3, 0.4) is 0 Å². The highest BCUT2D eigenvalue weighted by Gasteiger charge is 2.25. The van der Waals surface area contributed by atoms with Crippen LogP contribution in [-0.4, -0.2) is 54.1 Å². The molecule has 1 amide bonds. The van der Waals surface area contributed by atoms with E-state index in [2.05, 4.69) is 22.0 Å². The number of hydrogen-bond donors (Lipinski definition) is 1. The summed E-state index contributed by atoms with van der Waals surface area (Å²) in [5, 5.41) is 13.5. The molecule has 1 N–H and O–H groups in total. The molecule has 1 saturated heterocycles. The Hall–Kier alpha value is -4.21. The molecular weight excluding hydrogens is 492 g/mol. The summed E-state index contributed by atoms with van der Waals surface area (Å²) in [5.41, 5.74) is 1.96. The first-order valence-electron chi connectivity index (χ1n) is 12.7. The fourth-order valence-corrected chi connectivity index (χ4v) is 4.88. The Labute approximate surface area is 218 Å². The molecule has 1 aliphatic rings. The number of aromatic carboxylic acids is 1. The number of fused-ring (bicyclic) bond motifs is 1. The smallest absolute Gasteiger partial charge is 0.340 e. The van der Waals surface area contributed by atoms with Crippen LogP contribution in [0.25, 0.3) is 28.2 Å². The van der Waals surface area contributed by atoms with Gasteiger partial charge in [-0.3, -0.25) is 9.78 Å². The molecule has 5 rings (SSSR count). The van der Waals surface area contributed by atoms with Gasteiger partial charge in [0.15, 0.2) is 5.65 Å². The molecule has 1 fully saturated rings. The van der Waals surface area contributed by atoms with E-state index in [4.69, 9.17) is 5.11 Å². The molecular formula is C28H27F2N5O3. The third-order valence-electron chi connectivity index (χ3n) is 7.02. The van der Waals surface area contributed by atoms with Crippen LogP contribution in [0, 0.1) is 11.6 Å². The highest BCUT2D eigenvalue weighted by molar-refractivity contribution is 5.93. The number of carbonyl (C=O) groups is 2. The molecule has 1 aliphatic heterocycles. The Bertz CT molecular complexity index is 1550. The maximum Gasteiger partial charge on any atom is 0.340 e. The third kappa shape index (κ3) is 4.73. The van der Waals surface area contributed by atoms with E-state index < -0.39 is 23.2 Å². The summed E-state index contributed by atoms with van der Waals surface area (Å²) in [6, 6.07) is 8.77. The number of rotatable bonds is 5. The zero-order valence-corrected chi connectivity index (χ0v) is 21.1. The zero-order chi connectivity index (χ0) is 27.0. The third-order valence-corrected chi connectivity index (χ3v) is 7.02. The number of hydrogen-bond acceptors (Lipinski definition) is 5. The Kier molecular flexibility index (Phi) is 6.88. The van der Waals surface area contributed by atoms with Crippen LogP contribution in [0.4, 0.5) is 8.78 Å². The van der Waals surface area contributed by atoms with Crippen molar-refractivity contribution in [2.75, 3.05) is 6.54 Å². The summed E-state index contributed by atoms with van der Waals surface area (Å²) < 4.78 is 31.0. The minimum absolute atomic E-state index is 0.105. The van der Waals surface area contributed by atoms with E-state index in [1.165, 1.54) is 12.1 Å². The molecule has 1 aromatic carbocycles. The highest BCUT2D eigenvalue weighted by atomic mass is 19.1. The summed E-state index contributed by atoms with van der Waals surface area (Å²) in [7, 11) is 0. The van der Waals surface area contributed by atoms with Crippen LogP contribution in [0.1, 0.15) is 66.1 Å². The van der Waals surface area contributed by atoms with Crippen molar-refractivity contribution in [3.05, 3.63) is 71.2 Å². The summed E-state index contributed by atoms with van der Waals surface area (Å²) in [6.45, 7) is 4.72. The Morgan fingerprint density at radius 1 is 1.05 bits per heavy atom. The van der Waals surface area contributed by atoms with Gasteiger partial charge >= 0.3 is 5.97 Å². The molecule has 0 aliphatic carbocycles. The number of aryl methyl sites for hydroxylation is 1. The second-order valence-electron chi connectivity index (χ2n) is 9.53. The monoisotopic (exact) mass is 519 g/mol. The average Bonchev–Trinajstić information content (AvgIpc) is 3.21. The van der Waals surface area contributed by atoms with Crippen molar-refractivity contribution in [3.63, 3.8) is 0 Å². The normalized spacial score (nSPS) is 16.0. The summed E-state index contributed by atoms with van der Waals surface area (Å²) >= 11 is 0. The lowest BCUT2D eigenvalue weighted by molar-refractivity contribution is 0.0682. The minimum Gasteiger partial charge on any atom is -0.478 e. The number of likely N-dealkylation sites (tertiary alicyclic amines) is 1. The SMILES string of the molecule is CCc1cc(C(=O)N2CCCCC[C@H]2C)nc2cc(-c3ccc(-c4cc(F)c(C(=O)O)cn4)cc3F)nn12. The first-order chi connectivity index (χ1) is 18.3. The van der Waals surface area contributed by atoms with E-state index in [1.807, 2.05) is 11.8 Å². The van der Waals surface area contributed by atoms with Crippen molar-refractivity contribution in [1.29, 1.82) is 0 Å². The Balaban J connectivity index is 1.49. The van der Waals surface area contributed by atoms with E-state index in [0.29, 0.717) is 30.0 Å². The molecule has 1 atom stereocenters. The summed E-state index contributed by atoms with van der Waals surface area (Å²) in [4.78, 5) is 34.8. The average molecular weight is 520 g/mol. The van der Waals surface area contributed by atoms with Gasteiger partial charge in [0.2, 0.25) is 0 Å². The lowest BCUT2D eigenvalue weighted by Gasteiger charge is -2.27. The van der Waals surface area contributed by atoms with Crippen LogP contribution < -0.4 is 0 Å².